The van der Waals surface area contributed by atoms with E-state index in [2.05, 4.69) is 69.3 Å². The predicted molar refractivity (Wildman–Crippen MR) is 79.2 cm³/mol. The summed E-state index contributed by atoms with van der Waals surface area (Å²) in [6.07, 6.45) is 0. The van der Waals surface area contributed by atoms with Gasteiger partial charge in [-0.1, -0.05) is 36.8 Å². The van der Waals surface area contributed by atoms with Crippen LogP contribution in [-0.4, -0.2) is 0 Å². The molecule has 0 spiro atoms. The molecule has 3 aromatic carbocycles. The maximum absolute atomic E-state index is 2.28. The van der Waals surface area contributed by atoms with Crippen LogP contribution in [0, 0.1) is 20.8 Å². The Labute approximate surface area is 158 Å². The van der Waals surface area contributed by atoms with Crippen LogP contribution in [0.5, 0.6) is 0 Å². The van der Waals surface area contributed by atoms with Crippen molar-refractivity contribution in [3.8, 4) is 11.1 Å². The molecule has 0 N–H and O–H groups in total. The number of fused-ring (bicyclic) bond motifs is 1. The second kappa shape index (κ2) is 8.23. The molecule has 0 amide bonds. The molecule has 3 heteroatoms. The summed E-state index contributed by atoms with van der Waals surface area (Å²) in [4.78, 5) is 0. The van der Waals surface area contributed by atoms with E-state index in [1.807, 2.05) is 0 Å². The molecule has 21 heavy (non-hydrogen) atoms. The zero-order chi connectivity index (χ0) is 12.7. The number of rotatable bonds is 1. The van der Waals surface area contributed by atoms with E-state index >= 15 is 0 Å². The number of aryl methyl sites for hydroxylation is 2. The molecule has 0 saturated heterocycles. The van der Waals surface area contributed by atoms with Crippen molar-refractivity contribution in [2.75, 3.05) is 0 Å². The van der Waals surface area contributed by atoms with E-state index in [0.717, 1.165) is 0 Å². The molecular weight excluding hydrogens is 378 g/mol. The molecule has 0 aliphatic heterocycles. The predicted octanol–water partition coefficient (Wildman–Crippen LogP) is -0.844. The summed E-state index contributed by atoms with van der Waals surface area (Å²) in [5.74, 6) is 0. The van der Waals surface area contributed by atoms with Crippen LogP contribution < -0.4 is 24.8 Å². The van der Waals surface area contributed by atoms with Gasteiger partial charge >= 0.3 is 26.2 Å². The van der Waals surface area contributed by atoms with Crippen LogP contribution in [0.25, 0.3) is 21.9 Å². The van der Waals surface area contributed by atoms with Crippen molar-refractivity contribution >= 4 is 10.8 Å². The number of hydrogen-bond acceptors (Lipinski definition) is 0. The van der Waals surface area contributed by atoms with Gasteiger partial charge in [0, 0.05) is 0 Å². The van der Waals surface area contributed by atoms with Crippen LogP contribution >= 0.6 is 0 Å². The maximum Gasteiger partial charge on any atom is 3.00 e. The van der Waals surface area contributed by atoms with Gasteiger partial charge in [-0.2, -0.15) is 6.07 Å². The molecule has 0 aromatic heterocycles. The fourth-order valence-corrected chi connectivity index (χ4v) is 2.66. The molecule has 1 radical (unpaired) electrons. The fraction of sp³-hybridized carbons (Fsp3) is 0.167. The largest absolute Gasteiger partial charge is 3.00 e. The molecule has 0 heterocycles. The number of hydrogen-bond donors (Lipinski definition) is 0. The Hall–Kier alpha value is -0.487. The first kappa shape index (κ1) is 20.5. The summed E-state index contributed by atoms with van der Waals surface area (Å²) in [6, 6.07) is 17.6. The minimum absolute atomic E-state index is 0. The molecule has 0 fully saturated rings. The Morgan fingerprint density at radius 1 is 0.810 bits per heavy atom. The quantitative estimate of drug-likeness (QED) is 0.472. The van der Waals surface area contributed by atoms with Gasteiger partial charge in [0.2, 0.25) is 0 Å². The molecule has 107 valence electrons. The Kier molecular flexibility index (Phi) is 8.04. The zero-order valence-electron chi connectivity index (χ0n) is 12.4. The molecule has 3 aromatic rings. The molecule has 0 saturated carbocycles. The van der Waals surface area contributed by atoms with E-state index in [1.165, 1.54) is 38.6 Å². The second-order valence-electron chi connectivity index (χ2n) is 5.09. The van der Waals surface area contributed by atoms with Crippen LogP contribution in [0.3, 0.4) is 0 Å². The van der Waals surface area contributed by atoms with E-state index in [4.69, 9.17) is 0 Å². The van der Waals surface area contributed by atoms with Gasteiger partial charge in [-0.3, -0.25) is 0 Å². The van der Waals surface area contributed by atoms with Gasteiger partial charge in [0.1, 0.15) is 0 Å². The van der Waals surface area contributed by atoms with Crippen molar-refractivity contribution in [2.45, 2.75) is 20.8 Å². The smallest absolute Gasteiger partial charge is 1.00 e. The van der Waals surface area contributed by atoms with E-state index in [0.29, 0.717) is 0 Å². The molecule has 3 rings (SSSR count). The summed E-state index contributed by atoms with van der Waals surface area (Å²) in [5.41, 5.74) is 6.77. The number of halogens is 2. The SMILES string of the molecule is Cc1cc2c(-c3cccc(C)c3C)cccc2[cH-]1.[Cl-].[Cl-].[Zr+3]. The van der Waals surface area contributed by atoms with Gasteiger partial charge in [-0.15, -0.1) is 34.5 Å². The van der Waals surface area contributed by atoms with Crippen molar-refractivity contribution in [3.05, 3.63) is 65.2 Å². The fourth-order valence-electron chi connectivity index (χ4n) is 2.66. The normalized spacial score (nSPS) is 9.48. The van der Waals surface area contributed by atoms with Crippen LogP contribution in [-0.2, 0) is 26.2 Å². The monoisotopic (exact) mass is 393 g/mol. The van der Waals surface area contributed by atoms with E-state index < -0.39 is 0 Å². The first-order valence-corrected chi connectivity index (χ1v) is 6.39. The van der Waals surface area contributed by atoms with Crippen molar-refractivity contribution in [2.24, 2.45) is 0 Å². The Balaban J connectivity index is 0.00000133. The van der Waals surface area contributed by atoms with Crippen molar-refractivity contribution in [1.29, 1.82) is 0 Å². The van der Waals surface area contributed by atoms with Crippen LogP contribution in [0.4, 0.5) is 0 Å². The van der Waals surface area contributed by atoms with E-state index in [1.54, 1.807) is 0 Å². The average Bonchev–Trinajstić information content (AvgIpc) is 2.73. The molecule has 0 nitrogen and oxygen atoms in total. The third-order valence-electron chi connectivity index (χ3n) is 3.79. The molecule has 0 atom stereocenters. The first-order chi connectivity index (χ1) is 8.66. The molecule has 0 bridgehead atoms. The Morgan fingerprint density at radius 2 is 1.43 bits per heavy atom. The average molecular weight is 395 g/mol. The Morgan fingerprint density at radius 3 is 2.14 bits per heavy atom. The van der Waals surface area contributed by atoms with Gasteiger partial charge in [0.05, 0.1) is 0 Å². The van der Waals surface area contributed by atoms with E-state index in [9.17, 15) is 0 Å². The maximum atomic E-state index is 2.28. The zero-order valence-corrected chi connectivity index (χ0v) is 16.3. The summed E-state index contributed by atoms with van der Waals surface area (Å²) >= 11 is 0. The topological polar surface area (TPSA) is 0 Å². The van der Waals surface area contributed by atoms with Crippen LogP contribution in [0.1, 0.15) is 16.7 Å². The van der Waals surface area contributed by atoms with Crippen molar-refractivity contribution in [3.63, 3.8) is 0 Å². The summed E-state index contributed by atoms with van der Waals surface area (Å²) in [5, 5.41) is 2.70. The van der Waals surface area contributed by atoms with Crippen LogP contribution in [0.15, 0.2) is 48.5 Å². The van der Waals surface area contributed by atoms with Crippen LogP contribution in [0.2, 0.25) is 0 Å². The summed E-state index contributed by atoms with van der Waals surface area (Å²) in [7, 11) is 0. The summed E-state index contributed by atoms with van der Waals surface area (Å²) in [6.45, 7) is 6.54. The van der Waals surface area contributed by atoms with Gasteiger partial charge in [-0.05, 0) is 30.5 Å². The van der Waals surface area contributed by atoms with Gasteiger partial charge in [-0.25, -0.2) is 0 Å². The first-order valence-electron chi connectivity index (χ1n) is 6.39. The Bertz CT molecular complexity index is 729. The molecular formula is C18H17Cl2Zr. The van der Waals surface area contributed by atoms with Gasteiger partial charge < -0.3 is 24.8 Å². The minimum Gasteiger partial charge on any atom is -1.00 e. The van der Waals surface area contributed by atoms with Crippen molar-refractivity contribution in [1.82, 2.24) is 0 Å². The second-order valence-corrected chi connectivity index (χ2v) is 5.09. The molecule has 0 unspecified atom stereocenters. The van der Waals surface area contributed by atoms with E-state index in [-0.39, 0.29) is 51.0 Å². The van der Waals surface area contributed by atoms with Gasteiger partial charge in [0.15, 0.2) is 0 Å². The molecule has 0 aliphatic rings. The number of benzene rings is 2. The summed E-state index contributed by atoms with van der Waals surface area (Å²) < 4.78 is 0. The third-order valence-corrected chi connectivity index (χ3v) is 3.79. The minimum atomic E-state index is 0. The third kappa shape index (κ3) is 3.83. The van der Waals surface area contributed by atoms with Gasteiger partial charge in [0.25, 0.3) is 0 Å². The van der Waals surface area contributed by atoms with Crippen molar-refractivity contribution < 1.29 is 51.0 Å². The standard InChI is InChI=1S/C18H17.2ClH.Zr/c1-12-10-15-7-5-9-17(18(15)11-12)16-8-4-6-13(2)14(16)3;;;/h4-11H,1-3H3;2*1H;/q-1;;;+3/p-2. The molecule has 0 aliphatic carbocycles.